The summed E-state index contributed by atoms with van der Waals surface area (Å²) in [6, 6.07) is 0.103. The summed E-state index contributed by atoms with van der Waals surface area (Å²) >= 11 is 0. The molecule has 0 radical (unpaired) electrons. The Morgan fingerprint density at radius 2 is 2.30 bits per heavy atom. The lowest BCUT2D eigenvalue weighted by atomic mass is 10.2. The average Bonchev–Trinajstić information content (AvgIpc) is 2.38. The van der Waals surface area contributed by atoms with E-state index in [-0.39, 0.29) is 42.4 Å². The predicted octanol–water partition coefficient (Wildman–Crippen LogP) is 0.684. The van der Waals surface area contributed by atoms with Gasteiger partial charge in [0.1, 0.15) is 6.20 Å². The molecule has 0 aliphatic carbocycles. The van der Waals surface area contributed by atoms with Gasteiger partial charge in [0.2, 0.25) is 17.7 Å². The van der Waals surface area contributed by atoms with Crippen molar-refractivity contribution in [3.63, 3.8) is 0 Å². The lowest BCUT2D eigenvalue weighted by Crippen LogP contribution is -2.33. The minimum atomic E-state index is -0.610. The maximum Gasteiger partial charge on any atom is 0.329 e. The first-order valence-electron chi connectivity index (χ1n) is 6.24. The van der Waals surface area contributed by atoms with Crippen molar-refractivity contribution in [2.24, 2.45) is 0 Å². The minimum absolute atomic E-state index is 0.0128. The highest BCUT2D eigenvalue weighted by Gasteiger charge is 2.16. The Morgan fingerprint density at radius 1 is 1.60 bits per heavy atom. The van der Waals surface area contributed by atoms with Gasteiger partial charge < -0.3 is 16.4 Å². The van der Waals surface area contributed by atoms with Crippen LogP contribution in [0.4, 0.5) is 17.5 Å². The van der Waals surface area contributed by atoms with E-state index in [1.54, 1.807) is 0 Å². The van der Waals surface area contributed by atoms with Gasteiger partial charge in [-0.3, -0.25) is 14.9 Å². The number of anilines is 2. The topological polar surface area (TPSA) is 136 Å². The second kappa shape index (κ2) is 7.22. The number of nitrogens with one attached hydrogen (secondary N) is 2. The molecule has 1 aromatic heterocycles. The van der Waals surface area contributed by atoms with Gasteiger partial charge in [-0.2, -0.15) is 4.98 Å². The second-order valence-corrected chi connectivity index (χ2v) is 4.27. The van der Waals surface area contributed by atoms with Crippen LogP contribution in [-0.4, -0.2) is 33.4 Å². The van der Waals surface area contributed by atoms with Crippen molar-refractivity contribution in [1.82, 2.24) is 15.3 Å². The molecule has 1 rings (SSSR count). The summed E-state index contributed by atoms with van der Waals surface area (Å²) in [5.41, 5.74) is 5.10. The molecule has 0 saturated carbocycles. The van der Waals surface area contributed by atoms with Gasteiger partial charge in [0.25, 0.3) is 0 Å². The van der Waals surface area contributed by atoms with E-state index in [9.17, 15) is 14.9 Å². The summed E-state index contributed by atoms with van der Waals surface area (Å²) in [5.74, 6) is -0.183. The summed E-state index contributed by atoms with van der Waals surface area (Å²) in [6.07, 6.45) is 2.06. The fourth-order valence-corrected chi connectivity index (χ4v) is 1.40. The van der Waals surface area contributed by atoms with Crippen molar-refractivity contribution in [2.45, 2.75) is 32.7 Å². The summed E-state index contributed by atoms with van der Waals surface area (Å²) in [4.78, 5) is 29.0. The third-order valence-electron chi connectivity index (χ3n) is 2.65. The Balaban J connectivity index is 2.55. The quantitative estimate of drug-likeness (QED) is 0.494. The van der Waals surface area contributed by atoms with Crippen LogP contribution in [0, 0.1) is 10.1 Å². The van der Waals surface area contributed by atoms with E-state index in [1.165, 1.54) is 0 Å². The van der Waals surface area contributed by atoms with E-state index in [0.29, 0.717) is 0 Å². The number of nitrogens with two attached hydrogens (primary N) is 1. The first-order valence-corrected chi connectivity index (χ1v) is 6.24. The number of rotatable bonds is 7. The van der Waals surface area contributed by atoms with Gasteiger partial charge in [0.15, 0.2) is 0 Å². The minimum Gasteiger partial charge on any atom is -0.368 e. The Bertz CT molecular complexity index is 493. The van der Waals surface area contributed by atoms with Crippen molar-refractivity contribution in [2.75, 3.05) is 17.6 Å². The standard InChI is InChI=1S/C11H18N6O3/c1-3-7(2)15-9(18)4-5-13-10-8(17(19)20)6-14-11(12)16-10/h6-7H,3-5H2,1-2H3,(H,15,18)(H3,12,13,14,16). The Kier molecular flexibility index (Phi) is 5.63. The number of aromatic nitrogens is 2. The van der Waals surface area contributed by atoms with E-state index in [4.69, 9.17) is 5.73 Å². The maximum atomic E-state index is 11.5. The van der Waals surface area contributed by atoms with Crippen molar-refractivity contribution in [3.05, 3.63) is 16.3 Å². The van der Waals surface area contributed by atoms with Gasteiger partial charge in [-0.25, -0.2) is 4.98 Å². The van der Waals surface area contributed by atoms with E-state index >= 15 is 0 Å². The molecule has 0 aromatic carbocycles. The molecule has 1 atom stereocenters. The van der Waals surface area contributed by atoms with Crippen LogP contribution in [-0.2, 0) is 4.79 Å². The lowest BCUT2D eigenvalue weighted by Gasteiger charge is -2.11. The van der Waals surface area contributed by atoms with Gasteiger partial charge >= 0.3 is 5.69 Å². The Hall–Kier alpha value is -2.45. The largest absolute Gasteiger partial charge is 0.368 e. The van der Waals surface area contributed by atoms with Crippen LogP contribution in [0.25, 0.3) is 0 Å². The number of amides is 1. The third-order valence-corrected chi connectivity index (χ3v) is 2.65. The number of nitro groups is 1. The molecule has 1 aromatic rings. The maximum absolute atomic E-state index is 11.5. The second-order valence-electron chi connectivity index (χ2n) is 4.27. The molecule has 110 valence electrons. The summed E-state index contributed by atoms with van der Waals surface area (Å²) < 4.78 is 0. The zero-order valence-corrected chi connectivity index (χ0v) is 11.4. The molecule has 1 heterocycles. The van der Waals surface area contributed by atoms with Crippen molar-refractivity contribution in [3.8, 4) is 0 Å². The number of hydrogen-bond donors (Lipinski definition) is 3. The average molecular weight is 282 g/mol. The van der Waals surface area contributed by atoms with Crippen LogP contribution >= 0.6 is 0 Å². The zero-order valence-electron chi connectivity index (χ0n) is 11.4. The molecule has 0 bridgehead atoms. The van der Waals surface area contributed by atoms with Crippen molar-refractivity contribution >= 4 is 23.4 Å². The molecule has 0 aliphatic rings. The third kappa shape index (κ3) is 4.67. The first kappa shape index (κ1) is 15.6. The van der Waals surface area contributed by atoms with E-state index < -0.39 is 4.92 Å². The number of nitrogen functional groups attached to an aromatic ring is 1. The monoisotopic (exact) mass is 282 g/mol. The predicted molar refractivity (Wildman–Crippen MR) is 74.1 cm³/mol. The van der Waals surface area contributed by atoms with Crippen LogP contribution in [0.5, 0.6) is 0 Å². The van der Waals surface area contributed by atoms with Crippen LogP contribution in [0.2, 0.25) is 0 Å². The molecular formula is C11H18N6O3. The summed E-state index contributed by atoms with van der Waals surface area (Å²) in [5, 5.41) is 16.3. The van der Waals surface area contributed by atoms with Crippen LogP contribution < -0.4 is 16.4 Å². The first-order chi connectivity index (χ1) is 9.43. The van der Waals surface area contributed by atoms with E-state index in [1.807, 2.05) is 13.8 Å². The molecule has 9 heteroatoms. The molecule has 20 heavy (non-hydrogen) atoms. The SMILES string of the molecule is CCC(C)NC(=O)CCNc1nc(N)ncc1[N+](=O)[O-]. The van der Waals surface area contributed by atoms with E-state index in [2.05, 4.69) is 20.6 Å². The number of carbonyl (C=O) groups is 1. The molecule has 0 aliphatic heterocycles. The highest BCUT2D eigenvalue weighted by atomic mass is 16.6. The molecule has 4 N–H and O–H groups in total. The number of hydrogen-bond acceptors (Lipinski definition) is 7. The molecular weight excluding hydrogens is 264 g/mol. The van der Waals surface area contributed by atoms with Gasteiger partial charge in [0, 0.05) is 19.0 Å². The lowest BCUT2D eigenvalue weighted by molar-refractivity contribution is -0.384. The van der Waals surface area contributed by atoms with Crippen molar-refractivity contribution < 1.29 is 9.72 Å². The van der Waals surface area contributed by atoms with Gasteiger partial charge in [-0.1, -0.05) is 6.92 Å². The number of nitrogens with zero attached hydrogens (tertiary/aromatic N) is 3. The van der Waals surface area contributed by atoms with Crippen LogP contribution in [0.1, 0.15) is 26.7 Å². The molecule has 9 nitrogen and oxygen atoms in total. The molecule has 1 unspecified atom stereocenters. The zero-order chi connectivity index (χ0) is 15.1. The number of carbonyl (C=O) groups excluding carboxylic acids is 1. The van der Waals surface area contributed by atoms with Gasteiger partial charge in [0.05, 0.1) is 4.92 Å². The van der Waals surface area contributed by atoms with Gasteiger partial charge in [-0.15, -0.1) is 0 Å². The van der Waals surface area contributed by atoms with E-state index in [0.717, 1.165) is 12.6 Å². The van der Waals surface area contributed by atoms with Crippen LogP contribution in [0.3, 0.4) is 0 Å². The molecule has 1 amide bonds. The highest BCUT2D eigenvalue weighted by molar-refractivity contribution is 5.76. The molecule has 0 saturated heterocycles. The highest BCUT2D eigenvalue weighted by Crippen LogP contribution is 2.20. The summed E-state index contributed by atoms with van der Waals surface area (Å²) in [6.45, 7) is 4.09. The molecule has 0 fully saturated rings. The summed E-state index contributed by atoms with van der Waals surface area (Å²) in [7, 11) is 0. The van der Waals surface area contributed by atoms with Crippen molar-refractivity contribution in [1.29, 1.82) is 0 Å². The Morgan fingerprint density at radius 3 is 2.90 bits per heavy atom. The molecule has 0 spiro atoms. The van der Waals surface area contributed by atoms with Gasteiger partial charge in [-0.05, 0) is 13.3 Å². The normalized spacial score (nSPS) is 11.7. The fraction of sp³-hybridized carbons (Fsp3) is 0.545. The fourth-order valence-electron chi connectivity index (χ4n) is 1.40. The van der Waals surface area contributed by atoms with Crippen LogP contribution in [0.15, 0.2) is 6.20 Å². The smallest absolute Gasteiger partial charge is 0.329 e. The Labute approximate surface area is 116 Å².